The standard InChI is InChI=1S/C17H12BrFN4O/c18-13-3-1-2-4-14(13)21-16-10-9-15(22-23-16)17(24)20-12-7-5-11(19)6-8-12/h1-10H,(H,20,24)(H,21,23). The second kappa shape index (κ2) is 7.18. The molecule has 7 heteroatoms. The smallest absolute Gasteiger partial charge is 0.276 e. The summed E-state index contributed by atoms with van der Waals surface area (Å²) in [6.45, 7) is 0. The second-order valence-electron chi connectivity index (χ2n) is 4.87. The van der Waals surface area contributed by atoms with Crippen LogP contribution < -0.4 is 10.6 Å². The van der Waals surface area contributed by atoms with Crippen LogP contribution in [0.25, 0.3) is 0 Å². The zero-order valence-corrected chi connectivity index (χ0v) is 13.9. The van der Waals surface area contributed by atoms with Crippen LogP contribution in [-0.4, -0.2) is 16.1 Å². The lowest BCUT2D eigenvalue weighted by atomic mass is 10.3. The Morgan fingerprint density at radius 2 is 1.71 bits per heavy atom. The van der Waals surface area contributed by atoms with Gasteiger partial charge in [-0.25, -0.2) is 4.39 Å². The molecule has 0 saturated heterocycles. The fraction of sp³-hybridized carbons (Fsp3) is 0. The number of rotatable bonds is 4. The van der Waals surface area contributed by atoms with Crippen LogP contribution in [0.5, 0.6) is 0 Å². The third-order valence-electron chi connectivity index (χ3n) is 3.14. The van der Waals surface area contributed by atoms with Crippen molar-refractivity contribution in [1.29, 1.82) is 0 Å². The highest BCUT2D eigenvalue weighted by Crippen LogP contribution is 2.24. The van der Waals surface area contributed by atoms with Crippen molar-refractivity contribution in [2.24, 2.45) is 0 Å². The molecule has 120 valence electrons. The number of hydrogen-bond donors (Lipinski definition) is 2. The van der Waals surface area contributed by atoms with Gasteiger partial charge in [-0.2, -0.15) is 0 Å². The van der Waals surface area contributed by atoms with Gasteiger partial charge < -0.3 is 10.6 Å². The fourth-order valence-corrected chi connectivity index (χ4v) is 2.33. The van der Waals surface area contributed by atoms with Gasteiger partial charge in [-0.3, -0.25) is 4.79 Å². The third kappa shape index (κ3) is 3.94. The topological polar surface area (TPSA) is 66.9 Å². The molecule has 3 aromatic rings. The number of amides is 1. The van der Waals surface area contributed by atoms with E-state index in [1.54, 1.807) is 12.1 Å². The number of aromatic nitrogens is 2. The summed E-state index contributed by atoms with van der Waals surface area (Å²) in [6.07, 6.45) is 0. The van der Waals surface area contributed by atoms with Crippen molar-refractivity contribution in [2.45, 2.75) is 0 Å². The minimum Gasteiger partial charge on any atom is -0.338 e. The SMILES string of the molecule is O=C(Nc1ccc(F)cc1)c1ccc(Nc2ccccc2Br)nn1. The lowest BCUT2D eigenvalue weighted by Crippen LogP contribution is -2.14. The number of carbonyl (C=O) groups is 1. The molecule has 1 amide bonds. The predicted octanol–water partition coefficient (Wildman–Crippen LogP) is 4.37. The van der Waals surface area contributed by atoms with Gasteiger partial charge in [0.1, 0.15) is 5.82 Å². The highest BCUT2D eigenvalue weighted by atomic mass is 79.9. The van der Waals surface area contributed by atoms with Gasteiger partial charge in [0.2, 0.25) is 0 Å². The Balaban J connectivity index is 1.68. The molecule has 24 heavy (non-hydrogen) atoms. The number of para-hydroxylation sites is 1. The number of anilines is 3. The summed E-state index contributed by atoms with van der Waals surface area (Å²) in [7, 11) is 0. The van der Waals surface area contributed by atoms with Crippen LogP contribution in [0.3, 0.4) is 0 Å². The molecule has 0 fully saturated rings. The summed E-state index contributed by atoms with van der Waals surface area (Å²) in [5.41, 5.74) is 1.49. The van der Waals surface area contributed by atoms with Crippen molar-refractivity contribution in [3.8, 4) is 0 Å². The molecule has 0 aliphatic heterocycles. The third-order valence-corrected chi connectivity index (χ3v) is 3.83. The molecule has 3 rings (SSSR count). The summed E-state index contributed by atoms with van der Waals surface area (Å²) in [5.74, 6) is -0.267. The molecule has 0 aliphatic rings. The lowest BCUT2D eigenvalue weighted by Gasteiger charge is -2.08. The van der Waals surface area contributed by atoms with Crippen molar-refractivity contribution in [3.63, 3.8) is 0 Å². The number of benzene rings is 2. The molecule has 5 nitrogen and oxygen atoms in total. The first-order valence-electron chi connectivity index (χ1n) is 7.04. The first-order chi connectivity index (χ1) is 11.6. The number of nitrogens with one attached hydrogen (secondary N) is 2. The van der Waals surface area contributed by atoms with Crippen LogP contribution in [0, 0.1) is 5.82 Å². The summed E-state index contributed by atoms with van der Waals surface area (Å²) in [4.78, 5) is 12.1. The Hall–Kier alpha value is -2.80. The van der Waals surface area contributed by atoms with E-state index in [1.165, 1.54) is 24.3 Å². The Morgan fingerprint density at radius 1 is 0.958 bits per heavy atom. The Labute approximate surface area is 146 Å². The fourth-order valence-electron chi connectivity index (χ4n) is 1.95. The van der Waals surface area contributed by atoms with Gasteiger partial charge in [0.25, 0.3) is 5.91 Å². The number of nitrogens with zero attached hydrogens (tertiary/aromatic N) is 2. The first-order valence-corrected chi connectivity index (χ1v) is 7.83. The Bertz CT molecular complexity index is 853. The summed E-state index contributed by atoms with van der Waals surface area (Å²) in [6, 6.07) is 16.3. The molecular formula is C17H12BrFN4O. The van der Waals surface area contributed by atoms with Gasteiger partial charge in [-0.15, -0.1) is 10.2 Å². The van der Waals surface area contributed by atoms with Crippen molar-refractivity contribution in [2.75, 3.05) is 10.6 Å². The average molecular weight is 387 g/mol. The second-order valence-corrected chi connectivity index (χ2v) is 5.72. The van der Waals surface area contributed by atoms with Gasteiger partial charge in [-0.1, -0.05) is 12.1 Å². The van der Waals surface area contributed by atoms with E-state index in [0.717, 1.165) is 10.2 Å². The highest BCUT2D eigenvalue weighted by molar-refractivity contribution is 9.10. The van der Waals surface area contributed by atoms with E-state index in [0.29, 0.717) is 11.5 Å². The van der Waals surface area contributed by atoms with Gasteiger partial charge in [0.15, 0.2) is 11.5 Å². The molecule has 0 aliphatic carbocycles. The van der Waals surface area contributed by atoms with E-state index < -0.39 is 5.91 Å². The van der Waals surface area contributed by atoms with Gasteiger partial charge >= 0.3 is 0 Å². The molecule has 2 aromatic carbocycles. The number of carbonyl (C=O) groups excluding carboxylic acids is 1. The maximum atomic E-state index is 12.9. The van der Waals surface area contributed by atoms with E-state index in [-0.39, 0.29) is 11.5 Å². The molecule has 0 saturated carbocycles. The normalized spacial score (nSPS) is 10.2. The molecule has 1 heterocycles. The van der Waals surface area contributed by atoms with Crippen LogP contribution in [0.15, 0.2) is 65.1 Å². The van der Waals surface area contributed by atoms with E-state index in [2.05, 4.69) is 36.8 Å². The summed E-state index contributed by atoms with van der Waals surface area (Å²) in [5, 5.41) is 13.6. The monoisotopic (exact) mass is 386 g/mol. The van der Waals surface area contributed by atoms with Crippen LogP contribution in [0.4, 0.5) is 21.6 Å². The quantitative estimate of drug-likeness (QED) is 0.698. The number of hydrogen-bond acceptors (Lipinski definition) is 4. The summed E-state index contributed by atoms with van der Waals surface area (Å²) >= 11 is 3.43. The minimum absolute atomic E-state index is 0.164. The molecule has 0 unspecified atom stereocenters. The minimum atomic E-state index is -0.415. The van der Waals surface area contributed by atoms with Gasteiger partial charge in [-0.05, 0) is 64.5 Å². The molecule has 1 aromatic heterocycles. The maximum absolute atomic E-state index is 12.9. The maximum Gasteiger partial charge on any atom is 0.276 e. The van der Waals surface area contributed by atoms with Crippen LogP contribution >= 0.6 is 15.9 Å². The van der Waals surface area contributed by atoms with Crippen molar-refractivity contribution >= 4 is 39.0 Å². The van der Waals surface area contributed by atoms with E-state index >= 15 is 0 Å². The van der Waals surface area contributed by atoms with Crippen molar-refractivity contribution < 1.29 is 9.18 Å². The first kappa shape index (κ1) is 16.1. The molecule has 0 bridgehead atoms. The molecule has 0 radical (unpaired) electrons. The van der Waals surface area contributed by atoms with Crippen LogP contribution in [0.1, 0.15) is 10.5 Å². The predicted molar refractivity (Wildman–Crippen MR) is 93.8 cm³/mol. The largest absolute Gasteiger partial charge is 0.338 e. The summed E-state index contributed by atoms with van der Waals surface area (Å²) < 4.78 is 13.7. The van der Waals surface area contributed by atoms with Gasteiger partial charge in [0, 0.05) is 10.2 Å². The zero-order valence-electron chi connectivity index (χ0n) is 12.3. The Morgan fingerprint density at radius 3 is 2.38 bits per heavy atom. The van der Waals surface area contributed by atoms with Crippen LogP contribution in [-0.2, 0) is 0 Å². The molecule has 0 spiro atoms. The van der Waals surface area contributed by atoms with Crippen molar-refractivity contribution in [1.82, 2.24) is 10.2 Å². The zero-order chi connectivity index (χ0) is 16.9. The molecule has 0 atom stereocenters. The lowest BCUT2D eigenvalue weighted by molar-refractivity contribution is 0.102. The van der Waals surface area contributed by atoms with Crippen molar-refractivity contribution in [3.05, 3.63) is 76.6 Å². The molecular weight excluding hydrogens is 375 g/mol. The Kier molecular flexibility index (Phi) is 4.81. The average Bonchev–Trinajstić information content (AvgIpc) is 2.59. The van der Waals surface area contributed by atoms with E-state index in [1.807, 2.05) is 24.3 Å². The van der Waals surface area contributed by atoms with Gasteiger partial charge in [0.05, 0.1) is 5.69 Å². The van der Waals surface area contributed by atoms with E-state index in [4.69, 9.17) is 0 Å². The van der Waals surface area contributed by atoms with Crippen LogP contribution in [0.2, 0.25) is 0 Å². The highest BCUT2D eigenvalue weighted by Gasteiger charge is 2.09. The van der Waals surface area contributed by atoms with E-state index in [9.17, 15) is 9.18 Å². The number of halogens is 2. The molecule has 2 N–H and O–H groups in total.